The molecule has 0 fully saturated rings. The van der Waals surface area contributed by atoms with Gasteiger partial charge in [-0.2, -0.15) is 5.10 Å². The van der Waals surface area contributed by atoms with Gasteiger partial charge in [0.15, 0.2) is 0 Å². The van der Waals surface area contributed by atoms with Crippen LogP contribution < -0.4 is 5.32 Å². The summed E-state index contributed by atoms with van der Waals surface area (Å²) in [6, 6.07) is 6.40. The van der Waals surface area contributed by atoms with E-state index < -0.39 is 0 Å². The number of rotatable bonds is 6. The molecule has 0 saturated carbocycles. The number of thioether (sulfide) groups is 1. The zero-order chi connectivity index (χ0) is 15.2. The van der Waals surface area contributed by atoms with E-state index in [1.807, 2.05) is 6.92 Å². The number of carbonyl (C=O) groups is 1. The van der Waals surface area contributed by atoms with Crippen LogP contribution in [0.4, 0.5) is 5.82 Å². The SMILES string of the molecule is CCc1cn[nH]c1NC(=O)CCSc1ccc(C)c(C)c1. The third-order valence-corrected chi connectivity index (χ3v) is 4.43. The maximum Gasteiger partial charge on any atom is 0.226 e. The van der Waals surface area contributed by atoms with Crippen LogP contribution in [0.25, 0.3) is 0 Å². The van der Waals surface area contributed by atoms with Gasteiger partial charge in [-0.25, -0.2) is 0 Å². The minimum Gasteiger partial charge on any atom is -0.311 e. The van der Waals surface area contributed by atoms with Gasteiger partial charge in [0, 0.05) is 22.6 Å². The van der Waals surface area contributed by atoms with Crippen LogP contribution in [-0.4, -0.2) is 21.9 Å². The zero-order valence-corrected chi connectivity index (χ0v) is 13.5. The molecule has 0 aliphatic heterocycles. The number of nitrogens with one attached hydrogen (secondary N) is 2. The lowest BCUT2D eigenvalue weighted by molar-refractivity contribution is -0.115. The van der Waals surface area contributed by atoms with E-state index >= 15 is 0 Å². The molecule has 0 radical (unpaired) electrons. The first kappa shape index (κ1) is 15.6. The Balaban J connectivity index is 1.80. The number of hydrogen-bond donors (Lipinski definition) is 2. The summed E-state index contributed by atoms with van der Waals surface area (Å²) in [6.45, 7) is 6.25. The fourth-order valence-electron chi connectivity index (χ4n) is 1.95. The van der Waals surface area contributed by atoms with Crippen molar-refractivity contribution in [1.29, 1.82) is 0 Å². The number of hydrogen-bond acceptors (Lipinski definition) is 3. The van der Waals surface area contributed by atoms with Crippen molar-refractivity contribution in [3.05, 3.63) is 41.1 Å². The maximum absolute atomic E-state index is 11.9. The van der Waals surface area contributed by atoms with E-state index in [0.717, 1.165) is 23.6 Å². The third kappa shape index (κ3) is 4.36. The Labute approximate surface area is 129 Å². The number of nitrogens with zero attached hydrogens (tertiary/aromatic N) is 1. The van der Waals surface area contributed by atoms with E-state index in [4.69, 9.17) is 0 Å². The molecule has 21 heavy (non-hydrogen) atoms. The first-order valence-electron chi connectivity index (χ1n) is 7.12. The molecule has 2 rings (SSSR count). The summed E-state index contributed by atoms with van der Waals surface area (Å²) in [4.78, 5) is 13.1. The Morgan fingerprint density at radius 3 is 2.86 bits per heavy atom. The third-order valence-electron chi connectivity index (χ3n) is 3.44. The van der Waals surface area contributed by atoms with Gasteiger partial charge < -0.3 is 5.32 Å². The molecule has 0 saturated heterocycles. The molecular weight excluding hydrogens is 282 g/mol. The molecule has 0 aliphatic carbocycles. The van der Waals surface area contributed by atoms with Gasteiger partial charge in [-0.1, -0.05) is 13.0 Å². The number of aromatic nitrogens is 2. The lowest BCUT2D eigenvalue weighted by Crippen LogP contribution is -2.13. The highest BCUT2D eigenvalue weighted by Gasteiger charge is 2.08. The molecule has 112 valence electrons. The highest BCUT2D eigenvalue weighted by atomic mass is 32.2. The summed E-state index contributed by atoms with van der Waals surface area (Å²) in [5.41, 5.74) is 3.61. The number of benzene rings is 1. The Kier molecular flexibility index (Phi) is 5.44. The van der Waals surface area contributed by atoms with E-state index in [2.05, 4.69) is 47.6 Å². The average molecular weight is 303 g/mol. The van der Waals surface area contributed by atoms with Crippen LogP contribution in [0.1, 0.15) is 30.0 Å². The van der Waals surface area contributed by atoms with Crippen LogP contribution in [0.15, 0.2) is 29.3 Å². The second kappa shape index (κ2) is 7.31. The topological polar surface area (TPSA) is 57.8 Å². The minimum atomic E-state index is 0.0188. The molecule has 1 aromatic heterocycles. The van der Waals surface area contributed by atoms with E-state index in [1.165, 1.54) is 16.0 Å². The number of carbonyl (C=O) groups excluding carboxylic acids is 1. The summed E-state index contributed by atoms with van der Waals surface area (Å²) >= 11 is 1.71. The van der Waals surface area contributed by atoms with Gasteiger partial charge in [-0.05, 0) is 43.5 Å². The van der Waals surface area contributed by atoms with Crippen molar-refractivity contribution in [3.8, 4) is 0 Å². The van der Waals surface area contributed by atoms with Gasteiger partial charge in [0.1, 0.15) is 5.82 Å². The Morgan fingerprint density at radius 2 is 2.14 bits per heavy atom. The molecule has 2 N–H and O–H groups in total. The molecule has 1 amide bonds. The van der Waals surface area contributed by atoms with Crippen molar-refractivity contribution in [2.24, 2.45) is 0 Å². The van der Waals surface area contributed by atoms with Gasteiger partial charge in [0.05, 0.1) is 6.20 Å². The molecule has 2 aromatic rings. The standard InChI is InChI=1S/C16H21N3OS/c1-4-13-10-17-19-16(13)18-15(20)7-8-21-14-6-5-11(2)12(3)9-14/h5-6,9-10H,4,7-8H2,1-3H3,(H2,17,18,19,20). The maximum atomic E-state index is 11.9. The van der Waals surface area contributed by atoms with Crippen LogP contribution in [0.3, 0.4) is 0 Å². The van der Waals surface area contributed by atoms with Gasteiger partial charge in [-0.3, -0.25) is 9.89 Å². The van der Waals surface area contributed by atoms with Crippen LogP contribution >= 0.6 is 11.8 Å². The van der Waals surface area contributed by atoms with Crippen LogP contribution in [0, 0.1) is 13.8 Å². The summed E-state index contributed by atoms with van der Waals surface area (Å²) in [7, 11) is 0. The summed E-state index contributed by atoms with van der Waals surface area (Å²) in [5, 5.41) is 9.65. The predicted octanol–water partition coefficient (Wildman–Crippen LogP) is 3.71. The van der Waals surface area contributed by atoms with Crippen molar-refractivity contribution >= 4 is 23.5 Å². The fourth-order valence-corrected chi connectivity index (χ4v) is 2.90. The quantitative estimate of drug-likeness (QED) is 0.800. The summed E-state index contributed by atoms with van der Waals surface area (Å²) in [6.07, 6.45) is 3.09. The van der Waals surface area contributed by atoms with E-state index in [1.54, 1.807) is 18.0 Å². The van der Waals surface area contributed by atoms with Gasteiger partial charge in [0.2, 0.25) is 5.91 Å². The second-order valence-electron chi connectivity index (χ2n) is 5.02. The zero-order valence-electron chi connectivity index (χ0n) is 12.7. The predicted molar refractivity (Wildman–Crippen MR) is 87.9 cm³/mol. The number of aryl methyl sites for hydroxylation is 3. The normalized spacial score (nSPS) is 10.6. The molecule has 0 bridgehead atoms. The van der Waals surface area contributed by atoms with Crippen LogP contribution in [0.5, 0.6) is 0 Å². The van der Waals surface area contributed by atoms with Crippen LogP contribution in [0.2, 0.25) is 0 Å². The molecule has 5 heteroatoms. The van der Waals surface area contributed by atoms with Crippen molar-refractivity contribution in [2.45, 2.75) is 38.5 Å². The first-order valence-corrected chi connectivity index (χ1v) is 8.11. The lowest BCUT2D eigenvalue weighted by atomic mass is 10.1. The largest absolute Gasteiger partial charge is 0.311 e. The van der Waals surface area contributed by atoms with E-state index in [-0.39, 0.29) is 5.91 Å². The van der Waals surface area contributed by atoms with Crippen molar-refractivity contribution < 1.29 is 4.79 Å². The monoisotopic (exact) mass is 303 g/mol. The number of anilines is 1. The second-order valence-corrected chi connectivity index (χ2v) is 6.18. The molecule has 0 spiro atoms. The molecule has 1 heterocycles. The molecule has 0 atom stereocenters. The average Bonchev–Trinajstić information content (AvgIpc) is 2.90. The van der Waals surface area contributed by atoms with E-state index in [0.29, 0.717) is 6.42 Å². The number of H-pyrrole nitrogens is 1. The summed E-state index contributed by atoms with van der Waals surface area (Å²) < 4.78 is 0. The van der Waals surface area contributed by atoms with Gasteiger partial charge >= 0.3 is 0 Å². The van der Waals surface area contributed by atoms with Crippen molar-refractivity contribution in [3.63, 3.8) is 0 Å². The Morgan fingerprint density at radius 1 is 1.33 bits per heavy atom. The Bertz CT molecular complexity index is 622. The fraction of sp³-hybridized carbons (Fsp3) is 0.375. The number of amides is 1. The minimum absolute atomic E-state index is 0.0188. The van der Waals surface area contributed by atoms with Gasteiger partial charge in [-0.15, -0.1) is 11.8 Å². The number of aromatic amines is 1. The lowest BCUT2D eigenvalue weighted by Gasteiger charge is -2.06. The van der Waals surface area contributed by atoms with Crippen molar-refractivity contribution in [1.82, 2.24) is 10.2 Å². The molecule has 0 aliphatic rings. The Hall–Kier alpha value is -1.75. The smallest absolute Gasteiger partial charge is 0.226 e. The van der Waals surface area contributed by atoms with Crippen molar-refractivity contribution in [2.75, 3.05) is 11.1 Å². The molecular formula is C16H21N3OS. The van der Waals surface area contributed by atoms with E-state index in [9.17, 15) is 4.79 Å². The first-order chi connectivity index (χ1) is 10.1. The molecule has 1 aromatic carbocycles. The molecule has 4 nitrogen and oxygen atoms in total. The van der Waals surface area contributed by atoms with Crippen LogP contribution in [-0.2, 0) is 11.2 Å². The molecule has 0 unspecified atom stereocenters. The highest BCUT2D eigenvalue weighted by Crippen LogP contribution is 2.22. The highest BCUT2D eigenvalue weighted by molar-refractivity contribution is 7.99. The van der Waals surface area contributed by atoms with Gasteiger partial charge in [0.25, 0.3) is 0 Å². The summed E-state index contributed by atoms with van der Waals surface area (Å²) in [5.74, 6) is 1.51.